The maximum atomic E-state index is 10.1. The Balaban J connectivity index is 0.000000165. The molecule has 1 aromatic carbocycles. The zero-order valence-corrected chi connectivity index (χ0v) is 8.59. The van der Waals surface area contributed by atoms with Crippen molar-refractivity contribution in [2.45, 2.75) is 0 Å². The molecule has 0 radical (unpaired) electrons. The number of carbonyl (C=O) groups excluding carboxylic acids is 1. The third-order valence-electron chi connectivity index (χ3n) is 1.74. The monoisotopic (exact) mass is 216 g/mol. The van der Waals surface area contributed by atoms with E-state index < -0.39 is 5.97 Å². The molecule has 1 aromatic heterocycles. The second-order valence-electron chi connectivity index (χ2n) is 2.97. The SMILES string of the molecule is Nc1cccc[nH+]1.O=C([O-])c1ccccc1. The van der Waals surface area contributed by atoms with Crippen molar-refractivity contribution in [1.29, 1.82) is 0 Å². The highest BCUT2D eigenvalue weighted by atomic mass is 16.4. The second-order valence-corrected chi connectivity index (χ2v) is 2.97. The second kappa shape index (κ2) is 6.19. The first-order valence-electron chi connectivity index (χ1n) is 4.68. The quantitative estimate of drug-likeness (QED) is 0.735. The minimum Gasteiger partial charge on any atom is -0.545 e. The minimum atomic E-state index is -1.13. The molecule has 0 aliphatic rings. The Morgan fingerprint density at radius 2 is 1.69 bits per heavy atom. The highest BCUT2D eigenvalue weighted by molar-refractivity contribution is 5.85. The number of anilines is 1. The fourth-order valence-corrected chi connectivity index (χ4v) is 0.981. The minimum absolute atomic E-state index is 0.220. The van der Waals surface area contributed by atoms with E-state index in [1.54, 1.807) is 30.5 Å². The molecule has 0 saturated heterocycles. The van der Waals surface area contributed by atoms with E-state index in [1.165, 1.54) is 12.1 Å². The molecule has 0 bridgehead atoms. The molecular weight excluding hydrogens is 204 g/mol. The van der Waals surface area contributed by atoms with Gasteiger partial charge < -0.3 is 9.90 Å². The summed E-state index contributed by atoms with van der Waals surface area (Å²) in [5.74, 6) is -0.432. The Morgan fingerprint density at radius 3 is 2.00 bits per heavy atom. The van der Waals surface area contributed by atoms with E-state index in [0.717, 1.165) is 0 Å². The van der Waals surface area contributed by atoms with Crippen molar-refractivity contribution < 1.29 is 14.9 Å². The van der Waals surface area contributed by atoms with Crippen molar-refractivity contribution in [3.05, 3.63) is 60.3 Å². The number of pyridine rings is 1. The number of aromatic nitrogens is 1. The summed E-state index contributed by atoms with van der Waals surface area (Å²) in [7, 11) is 0. The number of aromatic carboxylic acids is 1. The van der Waals surface area contributed by atoms with E-state index in [-0.39, 0.29) is 5.56 Å². The number of rotatable bonds is 1. The molecule has 1 heterocycles. The van der Waals surface area contributed by atoms with Gasteiger partial charge in [-0.25, -0.2) is 4.98 Å². The molecule has 0 atom stereocenters. The maximum Gasteiger partial charge on any atom is 0.269 e. The van der Waals surface area contributed by atoms with Crippen LogP contribution in [0.25, 0.3) is 0 Å². The van der Waals surface area contributed by atoms with Crippen molar-refractivity contribution in [3.63, 3.8) is 0 Å². The fourth-order valence-electron chi connectivity index (χ4n) is 0.981. The van der Waals surface area contributed by atoms with E-state index in [0.29, 0.717) is 5.82 Å². The van der Waals surface area contributed by atoms with Crippen LogP contribution in [0.4, 0.5) is 5.82 Å². The van der Waals surface area contributed by atoms with Gasteiger partial charge in [-0.2, -0.15) is 0 Å². The zero-order chi connectivity index (χ0) is 11.8. The van der Waals surface area contributed by atoms with E-state index >= 15 is 0 Å². The average Bonchev–Trinajstić information content (AvgIpc) is 2.32. The Morgan fingerprint density at radius 1 is 1.06 bits per heavy atom. The lowest BCUT2D eigenvalue weighted by Gasteiger charge is -1.97. The van der Waals surface area contributed by atoms with Gasteiger partial charge in [0.05, 0.1) is 12.2 Å². The van der Waals surface area contributed by atoms with Crippen LogP contribution in [0, 0.1) is 0 Å². The molecule has 0 unspecified atom stereocenters. The molecule has 0 saturated carbocycles. The van der Waals surface area contributed by atoms with Crippen molar-refractivity contribution in [1.82, 2.24) is 0 Å². The summed E-state index contributed by atoms with van der Waals surface area (Å²) in [6.07, 6.45) is 1.79. The summed E-state index contributed by atoms with van der Waals surface area (Å²) in [6.45, 7) is 0. The number of nitrogens with two attached hydrogens (primary N) is 1. The van der Waals surface area contributed by atoms with E-state index in [4.69, 9.17) is 5.73 Å². The molecule has 4 heteroatoms. The molecule has 4 nitrogen and oxygen atoms in total. The molecular formula is C12H12N2O2. The topological polar surface area (TPSA) is 80.3 Å². The molecule has 3 N–H and O–H groups in total. The Kier molecular flexibility index (Phi) is 4.53. The van der Waals surface area contributed by atoms with Crippen LogP contribution in [0.5, 0.6) is 0 Å². The van der Waals surface area contributed by atoms with E-state index in [9.17, 15) is 9.90 Å². The third kappa shape index (κ3) is 4.23. The number of nitrogens with one attached hydrogen (secondary N) is 1. The van der Waals surface area contributed by atoms with Crippen LogP contribution in [0.3, 0.4) is 0 Å². The molecule has 2 aromatic rings. The summed E-state index contributed by atoms with van der Waals surface area (Å²) < 4.78 is 0. The number of H-pyrrole nitrogens is 1. The van der Waals surface area contributed by atoms with E-state index in [2.05, 4.69) is 4.98 Å². The van der Waals surface area contributed by atoms with Gasteiger partial charge in [0.2, 0.25) is 0 Å². The number of carboxylic acid groups (broad SMARTS) is 1. The van der Waals surface area contributed by atoms with Gasteiger partial charge in [0.1, 0.15) is 0 Å². The number of carbonyl (C=O) groups is 1. The summed E-state index contributed by atoms with van der Waals surface area (Å²) in [6, 6.07) is 13.6. The Hall–Kier alpha value is -2.36. The molecule has 2 rings (SSSR count). The molecule has 0 aliphatic heterocycles. The van der Waals surface area contributed by atoms with Gasteiger partial charge >= 0.3 is 0 Å². The third-order valence-corrected chi connectivity index (χ3v) is 1.74. The summed E-state index contributed by atoms with van der Waals surface area (Å²) in [5.41, 5.74) is 5.52. The van der Waals surface area contributed by atoms with Gasteiger partial charge in [0, 0.05) is 6.07 Å². The van der Waals surface area contributed by atoms with Crippen LogP contribution in [0.1, 0.15) is 10.4 Å². The normalized spacial score (nSPS) is 8.75. The highest BCUT2D eigenvalue weighted by Crippen LogP contribution is 1.94. The largest absolute Gasteiger partial charge is 0.545 e. The number of hydrogen-bond acceptors (Lipinski definition) is 3. The van der Waals surface area contributed by atoms with Gasteiger partial charge in [0.15, 0.2) is 0 Å². The van der Waals surface area contributed by atoms with Gasteiger partial charge in [-0.05, 0) is 11.6 Å². The van der Waals surface area contributed by atoms with Crippen molar-refractivity contribution in [3.8, 4) is 0 Å². The van der Waals surface area contributed by atoms with Crippen LogP contribution >= 0.6 is 0 Å². The standard InChI is InChI=1S/C7H6O2.C5H6N2/c8-7(9)6-4-2-1-3-5-6;6-5-3-1-2-4-7-5/h1-5H,(H,8,9);1-4H,(H2,6,7). The van der Waals surface area contributed by atoms with Crippen LogP contribution in [0.2, 0.25) is 0 Å². The van der Waals surface area contributed by atoms with Gasteiger partial charge in [-0.3, -0.25) is 5.73 Å². The molecule has 0 aliphatic carbocycles. The van der Waals surface area contributed by atoms with E-state index in [1.807, 2.05) is 12.1 Å². The number of aromatic amines is 1. The predicted octanol–water partition coefficient (Wildman–Crippen LogP) is 0.133. The predicted molar refractivity (Wildman–Crippen MR) is 58.2 cm³/mol. The molecule has 0 fully saturated rings. The smallest absolute Gasteiger partial charge is 0.269 e. The van der Waals surface area contributed by atoms with Gasteiger partial charge in [-0.15, -0.1) is 0 Å². The molecule has 82 valence electrons. The first-order valence-corrected chi connectivity index (χ1v) is 4.68. The number of carboxylic acids is 1. The van der Waals surface area contributed by atoms with Crippen LogP contribution in [-0.2, 0) is 0 Å². The fraction of sp³-hybridized carbons (Fsp3) is 0. The molecule has 16 heavy (non-hydrogen) atoms. The Bertz CT molecular complexity index is 429. The first kappa shape index (κ1) is 11.7. The lowest BCUT2D eigenvalue weighted by atomic mass is 10.2. The zero-order valence-electron chi connectivity index (χ0n) is 8.59. The average molecular weight is 216 g/mol. The maximum absolute atomic E-state index is 10.1. The lowest BCUT2D eigenvalue weighted by molar-refractivity contribution is -0.360. The number of hydrogen-bond donors (Lipinski definition) is 1. The molecule has 0 amide bonds. The van der Waals surface area contributed by atoms with Crippen molar-refractivity contribution in [2.24, 2.45) is 0 Å². The Labute approximate surface area is 93.4 Å². The van der Waals surface area contributed by atoms with Crippen molar-refractivity contribution in [2.75, 3.05) is 5.73 Å². The van der Waals surface area contributed by atoms with Crippen LogP contribution in [-0.4, -0.2) is 5.97 Å². The molecule has 0 spiro atoms. The number of nitrogen functional groups attached to an aromatic ring is 1. The summed E-state index contributed by atoms with van der Waals surface area (Å²) in [4.78, 5) is 12.9. The lowest BCUT2D eigenvalue weighted by Crippen LogP contribution is -2.21. The van der Waals surface area contributed by atoms with Crippen LogP contribution < -0.4 is 15.8 Å². The summed E-state index contributed by atoms with van der Waals surface area (Å²) in [5, 5.41) is 10.1. The highest BCUT2D eigenvalue weighted by Gasteiger charge is 1.86. The number of benzene rings is 1. The van der Waals surface area contributed by atoms with Gasteiger partial charge in [0.25, 0.3) is 5.82 Å². The van der Waals surface area contributed by atoms with Gasteiger partial charge in [-0.1, -0.05) is 36.4 Å². The first-order chi connectivity index (χ1) is 7.70. The summed E-state index contributed by atoms with van der Waals surface area (Å²) >= 11 is 0. The van der Waals surface area contributed by atoms with Crippen LogP contribution in [0.15, 0.2) is 54.7 Å². The van der Waals surface area contributed by atoms with Crippen molar-refractivity contribution >= 4 is 11.8 Å².